The first-order chi connectivity index (χ1) is 8.95. The van der Waals surface area contributed by atoms with Crippen LogP contribution in [0.4, 0.5) is 4.79 Å². The summed E-state index contributed by atoms with van der Waals surface area (Å²) in [7, 11) is 0. The van der Waals surface area contributed by atoms with E-state index in [2.05, 4.69) is 0 Å². The molecule has 2 atom stereocenters. The number of benzene rings is 1. The number of carboxylic acid groups (broad SMARTS) is 2. The molecule has 0 bridgehead atoms. The number of aliphatic hydroxyl groups excluding tert-OH is 1. The van der Waals surface area contributed by atoms with Gasteiger partial charge < -0.3 is 15.3 Å². The standard InChI is InChI=1S/C13H15NO5/c15-10-7-13(11(16)17,14(8-10)12(18)19)6-9-4-2-1-3-5-9/h1-5,10,15H,6-8H2,(H,16,17)(H,18,19). The van der Waals surface area contributed by atoms with Crippen molar-refractivity contribution in [3.05, 3.63) is 35.9 Å². The van der Waals surface area contributed by atoms with Crippen molar-refractivity contribution in [1.82, 2.24) is 4.90 Å². The first-order valence-corrected chi connectivity index (χ1v) is 5.91. The van der Waals surface area contributed by atoms with Gasteiger partial charge in [0.25, 0.3) is 0 Å². The zero-order chi connectivity index (χ0) is 14.0. The first-order valence-electron chi connectivity index (χ1n) is 5.91. The zero-order valence-corrected chi connectivity index (χ0v) is 10.2. The van der Waals surface area contributed by atoms with Crippen molar-refractivity contribution < 1.29 is 24.9 Å². The van der Waals surface area contributed by atoms with Crippen LogP contribution >= 0.6 is 0 Å². The molecule has 1 aliphatic rings. The first kappa shape index (κ1) is 13.4. The van der Waals surface area contributed by atoms with Gasteiger partial charge in [-0.05, 0) is 5.56 Å². The Morgan fingerprint density at radius 2 is 1.89 bits per heavy atom. The van der Waals surface area contributed by atoms with Crippen LogP contribution in [0.1, 0.15) is 12.0 Å². The fourth-order valence-electron chi connectivity index (χ4n) is 2.59. The highest BCUT2D eigenvalue weighted by Crippen LogP contribution is 2.33. The number of hydrogen-bond acceptors (Lipinski definition) is 3. The molecule has 6 heteroatoms. The third-order valence-corrected chi connectivity index (χ3v) is 3.45. The third-order valence-electron chi connectivity index (χ3n) is 3.45. The van der Waals surface area contributed by atoms with Crippen LogP contribution in [0.15, 0.2) is 30.3 Å². The molecule has 0 saturated carbocycles. The fourth-order valence-corrected chi connectivity index (χ4v) is 2.59. The van der Waals surface area contributed by atoms with Crippen LogP contribution in [0.3, 0.4) is 0 Å². The number of β-amino-alcohol motifs (C(OH)–C–C–N with tert-alkyl or cyclic N) is 1. The minimum Gasteiger partial charge on any atom is -0.479 e. The normalized spacial score (nSPS) is 26.4. The van der Waals surface area contributed by atoms with Crippen molar-refractivity contribution in [3.63, 3.8) is 0 Å². The highest BCUT2D eigenvalue weighted by atomic mass is 16.4. The van der Waals surface area contributed by atoms with Crippen molar-refractivity contribution in [3.8, 4) is 0 Å². The van der Waals surface area contributed by atoms with Crippen molar-refractivity contribution in [2.75, 3.05) is 6.54 Å². The summed E-state index contributed by atoms with van der Waals surface area (Å²) in [4.78, 5) is 23.6. The fraction of sp³-hybridized carbons (Fsp3) is 0.385. The molecular weight excluding hydrogens is 250 g/mol. The number of carboxylic acids is 1. The van der Waals surface area contributed by atoms with Gasteiger partial charge in [-0.1, -0.05) is 30.3 Å². The van der Waals surface area contributed by atoms with Gasteiger partial charge in [0, 0.05) is 12.8 Å². The summed E-state index contributed by atoms with van der Waals surface area (Å²) in [6, 6.07) is 8.82. The van der Waals surface area contributed by atoms with Gasteiger partial charge in [0.2, 0.25) is 0 Å². The van der Waals surface area contributed by atoms with Crippen molar-refractivity contribution in [2.24, 2.45) is 0 Å². The van der Waals surface area contributed by atoms with E-state index >= 15 is 0 Å². The Bertz CT molecular complexity index is 489. The summed E-state index contributed by atoms with van der Waals surface area (Å²) in [6.07, 6.45) is -2.32. The largest absolute Gasteiger partial charge is 0.479 e. The third kappa shape index (κ3) is 2.39. The molecule has 3 N–H and O–H groups in total. The van der Waals surface area contributed by atoms with Gasteiger partial charge >= 0.3 is 12.1 Å². The second-order valence-electron chi connectivity index (χ2n) is 4.75. The lowest BCUT2D eigenvalue weighted by Crippen LogP contribution is -2.54. The van der Waals surface area contributed by atoms with Gasteiger partial charge in [-0.25, -0.2) is 9.59 Å². The van der Waals surface area contributed by atoms with Crippen LogP contribution in [-0.4, -0.2) is 50.5 Å². The summed E-state index contributed by atoms with van der Waals surface area (Å²) in [5.41, 5.74) is -0.864. The molecule has 0 radical (unpaired) electrons. The summed E-state index contributed by atoms with van der Waals surface area (Å²) in [5, 5.41) is 28.2. The quantitative estimate of drug-likeness (QED) is 0.750. The predicted octanol–water partition coefficient (Wildman–Crippen LogP) is 0.797. The minimum absolute atomic E-state index is 0.0481. The molecule has 0 aromatic heterocycles. The average Bonchev–Trinajstić information content (AvgIpc) is 2.69. The Kier molecular flexibility index (Phi) is 3.44. The average molecular weight is 265 g/mol. The molecule has 2 unspecified atom stereocenters. The molecule has 1 aromatic carbocycles. The van der Waals surface area contributed by atoms with Gasteiger partial charge in [0.15, 0.2) is 0 Å². The van der Waals surface area contributed by atoms with Crippen LogP contribution in [0.2, 0.25) is 0 Å². The zero-order valence-electron chi connectivity index (χ0n) is 10.2. The van der Waals surface area contributed by atoms with Gasteiger partial charge in [0.05, 0.1) is 12.6 Å². The maximum atomic E-state index is 11.6. The minimum atomic E-state index is -1.59. The molecule has 102 valence electrons. The monoisotopic (exact) mass is 265 g/mol. The van der Waals surface area contributed by atoms with E-state index in [1.807, 2.05) is 0 Å². The Balaban J connectivity index is 2.37. The predicted molar refractivity (Wildman–Crippen MR) is 65.9 cm³/mol. The molecule has 1 aromatic rings. The molecule has 1 aliphatic heterocycles. The molecule has 1 saturated heterocycles. The number of carbonyl (C=O) groups is 2. The van der Waals surface area contributed by atoms with E-state index in [1.54, 1.807) is 30.3 Å². The van der Waals surface area contributed by atoms with Crippen LogP contribution in [-0.2, 0) is 11.2 Å². The maximum Gasteiger partial charge on any atom is 0.408 e. The maximum absolute atomic E-state index is 11.6. The Morgan fingerprint density at radius 1 is 1.26 bits per heavy atom. The van der Waals surface area contributed by atoms with E-state index in [0.29, 0.717) is 0 Å². The van der Waals surface area contributed by atoms with Crippen molar-refractivity contribution in [1.29, 1.82) is 0 Å². The van der Waals surface area contributed by atoms with Crippen LogP contribution in [0.5, 0.6) is 0 Å². The number of likely N-dealkylation sites (tertiary alicyclic amines) is 1. The number of hydrogen-bond donors (Lipinski definition) is 3. The van der Waals surface area contributed by atoms with Crippen molar-refractivity contribution in [2.45, 2.75) is 24.5 Å². The molecule has 1 heterocycles. The number of aliphatic carboxylic acids is 1. The van der Waals surface area contributed by atoms with E-state index in [-0.39, 0.29) is 19.4 Å². The highest BCUT2D eigenvalue weighted by Gasteiger charge is 2.53. The lowest BCUT2D eigenvalue weighted by Gasteiger charge is -2.32. The Hall–Kier alpha value is -2.08. The summed E-state index contributed by atoms with van der Waals surface area (Å²) >= 11 is 0. The summed E-state index contributed by atoms with van der Waals surface area (Å²) < 4.78 is 0. The lowest BCUT2D eigenvalue weighted by molar-refractivity contribution is -0.148. The molecule has 6 nitrogen and oxygen atoms in total. The molecule has 19 heavy (non-hydrogen) atoms. The van der Waals surface area contributed by atoms with Crippen LogP contribution in [0, 0.1) is 0 Å². The topological polar surface area (TPSA) is 98.1 Å². The molecule has 0 aliphatic carbocycles. The van der Waals surface area contributed by atoms with Crippen LogP contribution < -0.4 is 0 Å². The molecule has 0 spiro atoms. The summed E-state index contributed by atoms with van der Waals surface area (Å²) in [5.74, 6) is -1.23. The molecular formula is C13H15NO5. The molecule has 1 fully saturated rings. The SMILES string of the molecule is O=C(O)N1CC(O)CC1(Cc1ccccc1)C(=O)O. The summed E-state index contributed by atoms with van der Waals surface area (Å²) in [6.45, 7) is -0.172. The second kappa shape index (κ2) is 4.89. The van der Waals surface area contributed by atoms with E-state index in [0.717, 1.165) is 10.5 Å². The number of rotatable bonds is 3. The van der Waals surface area contributed by atoms with Gasteiger partial charge in [-0.15, -0.1) is 0 Å². The highest BCUT2D eigenvalue weighted by molar-refractivity contribution is 5.85. The Morgan fingerprint density at radius 3 is 2.42 bits per heavy atom. The van der Waals surface area contributed by atoms with Gasteiger partial charge in [-0.3, -0.25) is 4.90 Å². The smallest absolute Gasteiger partial charge is 0.408 e. The van der Waals surface area contributed by atoms with E-state index < -0.39 is 23.7 Å². The number of aliphatic hydroxyl groups is 1. The lowest BCUT2D eigenvalue weighted by atomic mass is 9.88. The number of amides is 1. The second-order valence-corrected chi connectivity index (χ2v) is 4.75. The molecule has 2 rings (SSSR count). The van der Waals surface area contributed by atoms with E-state index in [1.165, 1.54) is 0 Å². The number of nitrogens with zero attached hydrogens (tertiary/aromatic N) is 1. The van der Waals surface area contributed by atoms with E-state index in [9.17, 15) is 19.8 Å². The molecule has 1 amide bonds. The van der Waals surface area contributed by atoms with Crippen LogP contribution in [0.25, 0.3) is 0 Å². The van der Waals surface area contributed by atoms with Gasteiger partial charge in [-0.2, -0.15) is 0 Å². The van der Waals surface area contributed by atoms with Gasteiger partial charge in [0.1, 0.15) is 5.54 Å². The van der Waals surface area contributed by atoms with Crippen molar-refractivity contribution >= 4 is 12.1 Å². The van der Waals surface area contributed by atoms with E-state index in [4.69, 9.17) is 5.11 Å². The Labute approximate surface area is 109 Å².